The van der Waals surface area contributed by atoms with Gasteiger partial charge in [0.05, 0.1) is 17.1 Å². The number of anilines is 1. The van der Waals surface area contributed by atoms with Crippen LogP contribution >= 0.6 is 11.6 Å². The molecule has 37 heavy (non-hydrogen) atoms. The zero-order chi connectivity index (χ0) is 27.0. The quantitative estimate of drug-likeness (QED) is 0.365. The number of amides is 3. The van der Waals surface area contributed by atoms with Crippen molar-refractivity contribution in [2.24, 2.45) is 0 Å². The molecule has 0 aliphatic carbocycles. The van der Waals surface area contributed by atoms with Gasteiger partial charge in [-0.1, -0.05) is 23.7 Å². The molecular formula is C25H20ClF3N4O4. The van der Waals surface area contributed by atoms with Crippen molar-refractivity contribution < 1.29 is 32.3 Å². The smallest absolute Gasteiger partial charge is 0.417 e. The lowest BCUT2D eigenvalue weighted by atomic mass is 10.2. The highest BCUT2D eigenvalue weighted by Crippen LogP contribution is 2.36. The van der Waals surface area contributed by atoms with Crippen LogP contribution in [0.5, 0.6) is 11.5 Å². The van der Waals surface area contributed by atoms with Crippen molar-refractivity contribution in [3.63, 3.8) is 0 Å². The number of hydrogen-bond donors (Lipinski definition) is 3. The van der Waals surface area contributed by atoms with Gasteiger partial charge >= 0.3 is 6.18 Å². The Bertz CT molecular complexity index is 1350. The summed E-state index contributed by atoms with van der Waals surface area (Å²) in [5, 5.41) is 6.70. The van der Waals surface area contributed by atoms with Crippen molar-refractivity contribution in [1.29, 1.82) is 0 Å². The van der Waals surface area contributed by atoms with E-state index in [9.17, 15) is 27.6 Å². The van der Waals surface area contributed by atoms with Crippen LogP contribution in [0.4, 0.5) is 18.9 Å². The summed E-state index contributed by atoms with van der Waals surface area (Å²) in [5.74, 6) is -0.873. The number of carbonyl (C=O) groups excluding carboxylic acids is 3. The molecule has 0 atom stereocenters. The molecule has 192 valence electrons. The third kappa shape index (κ3) is 8.07. The molecule has 0 aliphatic heterocycles. The molecule has 12 heteroatoms. The van der Waals surface area contributed by atoms with E-state index in [0.29, 0.717) is 17.1 Å². The summed E-state index contributed by atoms with van der Waals surface area (Å²) < 4.78 is 44.8. The Hall–Kier alpha value is -4.38. The minimum absolute atomic E-state index is 0.0463. The van der Waals surface area contributed by atoms with Gasteiger partial charge in [-0.2, -0.15) is 13.2 Å². The van der Waals surface area contributed by atoms with Crippen LogP contribution in [0, 0.1) is 0 Å². The van der Waals surface area contributed by atoms with Gasteiger partial charge in [-0.3, -0.25) is 19.4 Å². The number of nitrogens with zero attached hydrogens (tertiary/aromatic N) is 1. The summed E-state index contributed by atoms with van der Waals surface area (Å²) in [6.45, 7) is -0.203. The van der Waals surface area contributed by atoms with E-state index >= 15 is 0 Å². The molecule has 8 nitrogen and oxygen atoms in total. The van der Waals surface area contributed by atoms with Crippen LogP contribution in [0.3, 0.4) is 0 Å². The van der Waals surface area contributed by atoms with E-state index in [2.05, 4.69) is 20.9 Å². The first-order chi connectivity index (χ1) is 17.5. The first-order valence-corrected chi connectivity index (χ1v) is 11.0. The molecule has 0 unspecified atom stereocenters. The van der Waals surface area contributed by atoms with Crippen LogP contribution in [0.15, 0.2) is 66.9 Å². The molecule has 0 aliphatic rings. The standard InChI is InChI=1S/C25H20ClF3N4O4/c1-30-23(35)14-32-24(36)21-13-18(9-10-31-21)37-17-4-2-3-15(11-17)5-8-22(34)33-16-6-7-20(26)19(12-16)25(27,28)29/h2-13H,14H2,1H3,(H,30,35)(H,32,36)(H,33,34). The second kappa shape index (κ2) is 12.0. The molecule has 0 fully saturated rings. The predicted molar refractivity (Wildman–Crippen MR) is 131 cm³/mol. The van der Waals surface area contributed by atoms with E-state index in [0.717, 1.165) is 18.2 Å². The zero-order valence-electron chi connectivity index (χ0n) is 19.2. The number of likely N-dealkylation sites (N-methyl/N-ethyl adjacent to an activating group) is 1. The number of rotatable bonds is 8. The summed E-state index contributed by atoms with van der Waals surface area (Å²) in [5.41, 5.74) is -0.498. The fraction of sp³-hybridized carbons (Fsp3) is 0.120. The summed E-state index contributed by atoms with van der Waals surface area (Å²) in [6.07, 6.45) is -0.673. The molecule has 3 amide bonds. The molecular weight excluding hydrogens is 513 g/mol. The van der Waals surface area contributed by atoms with Crippen LogP contribution in [-0.4, -0.2) is 36.3 Å². The van der Waals surface area contributed by atoms with Gasteiger partial charge in [0.25, 0.3) is 5.91 Å². The number of halogens is 4. The van der Waals surface area contributed by atoms with Gasteiger partial charge in [0.2, 0.25) is 11.8 Å². The van der Waals surface area contributed by atoms with Crippen molar-refractivity contribution >= 4 is 41.1 Å². The Morgan fingerprint density at radius 1 is 1.05 bits per heavy atom. The highest BCUT2D eigenvalue weighted by atomic mass is 35.5. The molecule has 1 aromatic heterocycles. The van der Waals surface area contributed by atoms with Crippen molar-refractivity contribution in [1.82, 2.24) is 15.6 Å². The molecule has 0 saturated carbocycles. The van der Waals surface area contributed by atoms with E-state index in [1.165, 1.54) is 37.5 Å². The van der Waals surface area contributed by atoms with Crippen LogP contribution < -0.4 is 20.7 Å². The van der Waals surface area contributed by atoms with Crippen molar-refractivity contribution in [3.05, 3.63) is 88.7 Å². The van der Waals surface area contributed by atoms with Gasteiger partial charge in [-0.15, -0.1) is 0 Å². The van der Waals surface area contributed by atoms with Crippen LogP contribution in [0.2, 0.25) is 5.02 Å². The minimum atomic E-state index is -4.65. The Morgan fingerprint density at radius 3 is 2.54 bits per heavy atom. The van der Waals surface area contributed by atoms with E-state index in [4.69, 9.17) is 16.3 Å². The van der Waals surface area contributed by atoms with Gasteiger partial charge in [-0.05, 0) is 48.0 Å². The molecule has 0 spiro atoms. The highest BCUT2D eigenvalue weighted by molar-refractivity contribution is 6.31. The van der Waals surface area contributed by atoms with Gasteiger partial charge in [-0.25, -0.2) is 0 Å². The molecule has 3 N–H and O–H groups in total. The topological polar surface area (TPSA) is 109 Å². The maximum atomic E-state index is 13.0. The van der Waals surface area contributed by atoms with Gasteiger partial charge in [0, 0.05) is 31.1 Å². The van der Waals surface area contributed by atoms with Crippen LogP contribution in [-0.2, 0) is 15.8 Å². The fourth-order valence-corrected chi connectivity index (χ4v) is 3.16. The Labute approximate surface area is 214 Å². The monoisotopic (exact) mass is 532 g/mol. The van der Waals surface area contributed by atoms with Gasteiger partial charge in [0.15, 0.2) is 0 Å². The minimum Gasteiger partial charge on any atom is -0.457 e. The van der Waals surface area contributed by atoms with Gasteiger partial charge < -0.3 is 20.7 Å². The molecule has 3 aromatic rings. The number of hydrogen-bond acceptors (Lipinski definition) is 5. The lowest BCUT2D eigenvalue weighted by Gasteiger charge is -2.11. The second-order valence-corrected chi connectivity index (χ2v) is 7.83. The number of alkyl halides is 3. The summed E-state index contributed by atoms with van der Waals surface area (Å²) >= 11 is 5.59. The van der Waals surface area contributed by atoms with Gasteiger partial charge in [0.1, 0.15) is 17.2 Å². The SMILES string of the molecule is CNC(=O)CNC(=O)c1cc(Oc2cccc(C=CC(=O)Nc3ccc(Cl)c(C(F)(F)F)c3)c2)ccn1. The molecule has 1 heterocycles. The van der Waals surface area contributed by atoms with Crippen LogP contribution in [0.1, 0.15) is 21.6 Å². The first-order valence-electron chi connectivity index (χ1n) is 10.6. The lowest BCUT2D eigenvalue weighted by molar-refractivity contribution is -0.137. The number of pyridine rings is 1. The third-order valence-corrected chi connectivity index (χ3v) is 5.04. The number of carbonyl (C=O) groups is 3. The fourth-order valence-electron chi connectivity index (χ4n) is 2.93. The van der Waals surface area contributed by atoms with E-state index < -0.39 is 28.6 Å². The zero-order valence-corrected chi connectivity index (χ0v) is 20.0. The highest BCUT2D eigenvalue weighted by Gasteiger charge is 2.33. The normalized spacial score (nSPS) is 11.2. The average molecular weight is 533 g/mol. The largest absolute Gasteiger partial charge is 0.457 e. The summed E-state index contributed by atoms with van der Waals surface area (Å²) in [4.78, 5) is 39.6. The van der Waals surface area contributed by atoms with Crippen LogP contribution in [0.25, 0.3) is 6.08 Å². The first kappa shape index (κ1) is 27.2. The van der Waals surface area contributed by atoms with E-state index in [1.54, 1.807) is 24.3 Å². The third-order valence-electron chi connectivity index (χ3n) is 4.71. The molecule has 0 radical (unpaired) electrons. The molecule has 2 aromatic carbocycles. The van der Waals surface area contributed by atoms with Crippen molar-refractivity contribution in [2.75, 3.05) is 18.9 Å². The maximum Gasteiger partial charge on any atom is 0.417 e. The summed E-state index contributed by atoms with van der Waals surface area (Å²) in [7, 11) is 1.45. The molecule has 0 saturated heterocycles. The number of aromatic nitrogens is 1. The number of benzene rings is 2. The van der Waals surface area contributed by atoms with E-state index in [-0.39, 0.29) is 23.8 Å². The Morgan fingerprint density at radius 2 is 1.81 bits per heavy atom. The lowest BCUT2D eigenvalue weighted by Crippen LogP contribution is -2.35. The Kier molecular flexibility index (Phi) is 8.86. The van der Waals surface area contributed by atoms with Crippen molar-refractivity contribution in [3.8, 4) is 11.5 Å². The maximum absolute atomic E-state index is 13.0. The molecule has 3 rings (SSSR count). The summed E-state index contributed by atoms with van der Waals surface area (Å²) in [6, 6.07) is 12.6. The Balaban J connectivity index is 1.65. The van der Waals surface area contributed by atoms with Crippen molar-refractivity contribution in [2.45, 2.75) is 6.18 Å². The number of nitrogens with one attached hydrogen (secondary N) is 3. The van der Waals surface area contributed by atoms with E-state index in [1.807, 2.05) is 0 Å². The average Bonchev–Trinajstić information content (AvgIpc) is 2.86. The predicted octanol–water partition coefficient (Wildman–Crippen LogP) is 4.67. The molecule has 0 bridgehead atoms. The second-order valence-electron chi connectivity index (χ2n) is 7.42. The number of ether oxygens (including phenoxy) is 1.